The van der Waals surface area contributed by atoms with Crippen LogP contribution in [0.2, 0.25) is 0 Å². The number of hydrogen-bond donors (Lipinski definition) is 0. The molecule has 1 heterocycles. The maximum Gasteiger partial charge on any atom is 0.123 e. The average molecular weight is 313 g/mol. The summed E-state index contributed by atoms with van der Waals surface area (Å²) < 4.78 is 0. The molecule has 0 atom stereocenters. The Hall–Kier alpha value is -2.71. The van der Waals surface area contributed by atoms with E-state index in [4.69, 9.17) is 0 Å². The van der Waals surface area contributed by atoms with Crippen molar-refractivity contribution in [2.75, 3.05) is 0 Å². The first-order valence-corrected chi connectivity index (χ1v) is 8.39. The third kappa shape index (κ3) is 2.94. The van der Waals surface area contributed by atoms with E-state index in [1.165, 1.54) is 27.1 Å². The van der Waals surface area contributed by atoms with Crippen molar-refractivity contribution in [3.05, 3.63) is 91.1 Å². The highest BCUT2D eigenvalue weighted by atomic mass is 32.1. The number of thiazole rings is 1. The minimum absolute atomic E-state index is 1.06. The van der Waals surface area contributed by atoms with E-state index in [0.717, 1.165) is 5.01 Å². The number of rotatable bonds is 3. The highest BCUT2D eigenvalue weighted by Crippen LogP contribution is 2.32. The van der Waals surface area contributed by atoms with Crippen LogP contribution >= 0.6 is 11.3 Å². The van der Waals surface area contributed by atoms with E-state index in [0.29, 0.717) is 0 Å². The summed E-state index contributed by atoms with van der Waals surface area (Å²) in [6.45, 7) is 0. The van der Waals surface area contributed by atoms with E-state index in [9.17, 15) is 0 Å². The van der Waals surface area contributed by atoms with Crippen molar-refractivity contribution >= 4 is 11.3 Å². The average Bonchev–Trinajstić information content (AvgIpc) is 3.14. The van der Waals surface area contributed by atoms with Gasteiger partial charge in [-0.05, 0) is 16.7 Å². The molecule has 0 bridgehead atoms. The fourth-order valence-electron chi connectivity index (χ4n) is 2.58. The van der Waals surface area contributed by atoms with E-state index in [1.807, 2.05) is 30.5 Å². The van der Waals surface area contributed by atoms with E-state index in [1.54, 1.807) is 11.3 Å². The number of benzene rings is 3. The molecule has 110 valence electrons. The Morgan fingerprint density at radius 3 is 1.70 bits per heavy atom. The minimum Gasteiger partial charge on any atom is -0.244 e. The van der Waals surface area contributed by atoms with Crippen molar-refractivity contribution in [3.63, 3.8) is 0 Å². The number of hydrogen-bond acceptors (Lipinski definition) is 2. The predicted octanol–water partition coefficient (Wildman–Crippen LogP) is 6.14. The van der Waals surface area contributed by atoms with Crippen LogP contribution in [0.5, 0.6) is 0 Å². The van der Waals surface area contributed by atoms with Gasteiger partial charge in [0.25, 0.3) is 0 Å². The summed E-state index contributed by atoms with van der Waals surface area (Å²) >= 11 is 1.73. The van der Waals surface area contributed by atoms with Gasteiger partial charge in [-0.25, -0.2) is 4.98 Å². The maximum absolute atomic E-state index is 4.56. The SMILES string of the molecule is c1ccc(-c2ccc(-c3cnc(-c4ccccc4)s3)cc2)cc1. The Balaban J connectivity index is 1.63. The van der Waals surface area contributed by atoms with Crippen LogP contribution in [0.25, 0.3) is 32.1 Å². The Kier molecular flexibility index (Phi) is 3.75. The topological polar surface area (TPSA) is 12.9 Å². The van der Waals surface area contributed by atoms with Gasteiger partial charge in [0.05, 0.1) is 4.88 Å². The van der Waals surface area contributed by atoms with E-state index >= 15 is 0 Å². The molecule has 0 N–H and O–H groups in total. The van der Waals surface area contributed by atoms with Gasteiger partial charge in [0.1, 0.15) is 5.01 Å². The lowest BCUT2D eigenvalue weighted by molar-refractivity contribution is 1.41. The molecule has 3 aromatic carbocycles. The smallest absolute Gasteiger partial charge is 0.123 e. The molecular formula is C21H15NS. The van der Waals surface area contributed by atoms with Crippen LogP contribution in [-0.2, 0) is 0 Å². The van der Waals surface area contributed by atoms with Gasteiger partial charge in [-0.2, -0.15) is 0 Å². The highest BCUT2D eigenvalue weighted by molar-refractivity contribution is 7.18. The first-order chi connectivity index (χ1) is 11.4. The van der Waals surface area contributed by atoms with Gasteiger partial charge >= 0.3 is 0 Å². The van der Waals surface area contributed by atoms with Crippen LogP contribution in [0, 0.1) is 0 Å². The van der Waals surface area contributed by atoms with Gasteiger partial charge in [-0.1, -0.05) is 84.9 Å². The van der Waals surface area contributed by atoms with Crippen LogP contribution in [0.1, 0.15) is 0 Å². The van der Waals surface area contributed by atoms with Crippen LogP contribution in [0.15, 0.2) is 91.1 Å². The summed E-state index contributed by atoms with van der Waals surface area (Å²) in [6, 6.07) is 29.5. The Morgan fingerprint density at radius 1 is 0.522 bits per heavy atom. The first-order valence-electron chi connectivity index (χ1n) is 7.57. The van der Waals surface area contributed by atoms with Crippen molar-refractivity contribution < 1.29 is 0 Å². The zero-order valence-electron chi connectivity index (χ0n) is 12.5. The third-order valence-corrected chi connectivity index (χ3v) is 4.90. The molecule has 0 aliphatic carbocycles. The van der Waals surface area contributed by atoms with Crippen molar-refractivity contribution in [1.29, 1.82) is 0 Å². The zero-order chi connectivity index (χ0) is 15.5. The standard InChI is InChI=1S/C21H15NS/c1-3-7-16(8-4-1)17-11-13-18(14-12-17)20-15-22-21(23-20)19-9-5-2-6-10-19/h1-15H. The first kappa shape index (κ1) is 13.9. The molecule has 4 rings (SSSR count). The van der Waals surface area contributed by atoms with Crippen molar-refractivity contribution in [2.45, 2.75) is 0 Å². The largest absolute Gasteiger partial charge is 0.244 e. The van der Waals surface area contributed by atoms with Crippen molar-refractivity contribution in [3.8, 4) is 32.1 Å². The van der Waals surface area contributed by atoms with Gasteiger partial charge in [-0.3, -0.25) is 0 Å². The van der Waals surface area contributed by atoms with Crippen molar-refractivity contribution in [2.24, 2.45) is 0 Å². The summed E-state index contributed by atoms with van der Waals surface area (Å²) in [5, 5.41) is 1.06. The molecule has 4 aromatic rings. The molecule has 1 aromatic heterocycles. The third-order valence-electron chi connectivity index (χ3n) is 3.80. The normalized spacial score (nSPS) is 10.6. The fraction of sp³-hybridized carbons (Fsp3) is 0. The van der Waals surface area contributed by atoms with Crippen LogP contribution in [0.4, 0.5) is 0 Å². The van der Waals surface area contributed by atoms with Gasteiger partial charge in [0.2, 0.25) is 0 Å². The summed E-state index contributed by atoms with van der Waals surface area (Å²) in [6.07, 6.45) is 1.96. The fourth-order valence-corrected chi connectivity index (χ4v) is 3.51. The summed E-state index contributed by atoms with van der Waals surface area (Å²) in [7, 11) is 0. The molecule has 0 saturated heterocycles. The zero-order valence-corrected chi connectivity index (χ0v) is 13.3. The van der Waals surface area contributed by atoms with E-state index in [-0.39, 0.29) is 0 Å². The summed E-state index contributed by atoms with van der Waals surface area (Å²) in [5.74, 6) is 0. The molecule has 0 aliphatic heterocycles. The Labute approximate surface area is 139 Å². The van der Waals surface area contributed by atoms with Crippen LogP contribution < -0.4 is 0 Å². The van der Waals surface area contributed by atoms with Gasteiger partial charge in [0.15, 0.2) is 0 Å². The molecule has 0 radical (unpaired) electrons. The van der Waals surface area contributed by atoms with E-state index in [2.05, 4.69) is 65.6 Å². The molecule has 0 unspecified atom stereocenters. The second kappa shape index (κ2) is 6.19. The number of nitrogens with zero attached hydrogens (tertiary/aromatic N) is 1. The summed E-state index contributed by atoms with van der Waals surface area (Å²) in [4.78, 5) is 5.76. The molecule has 2 heteroatoms. The van der Waals surface area contributed by atoms with E-state index < -0.39 is 0 Å². The van der Waals surface area contributed by atoms with Crippen LogP contribution in [-0.4, -0.2) is 4.98 Å². The summed E-state index contributed by atoms with van der Waals surface area (Å²) in [5.41, 5.74) is 4.87. The molecule has 1 nitrogen and oxygen atoms in total. The lowest BCUT2D eigenvalue weighted by Gasteiger charge is -2.02. The second-order valence-corrected chi connectivity index (χ2v) is 6.37. The van der Waals surface area contributed by atoms with Gasteiger partial charge < -0.3 is 0 Å². The van der Waals surface area contributed by atoms with Gasteiger partial charge in [-0.15, -0.1) is 11.3 Å². The quantitative estimate of drug-likeness (QED) is 0.442. The second-order valence-electron chi connectivity index (χ2n) is 5.34. The Bertz CT molecular complexity index is 894. The Morgan fingerprint density at radius 2 is 1.04 bits per heavy atom. The minimum atomic E-state index is 1.06. The lowest BCUT2D eigenvalue weighted by atomic mass is 10.0. The molecule has 0 fully saturated rings. The van der Waals surface area contributed by atoms with Crippen LogP contribution in [0.3, 0.4) is 0 Å². The van der Waals surface area contributed by atoms with Gasteiger partial charge in [0, 0.05) is 11.8 Å². The lowest BCUT2D eigenvalue weighted by Crippen LogP contribution is -1.77. The maximum atomic E-state index is 4.56. The molecule has 0 aliphatic rings. The molecule has 0 amide bonds. The molecule has 23 heavy (non-hydrogen) atoms. The monoisotopic (exact) mass is 313 g/mol. The predicted molar refractivity (Wildman–Crippen MR) is 98.4 cm³/mol. The molecule has 0 spiro atoms. The number of aromatic nitrogens is 1. The van der Waals surface area contributed by atoms with Crippen molar-refractivity contribution in [1.82, 2.24) is 4.98 Å². The molecular weight excluding hydrogens is 298 g/mol. The molecule has 0 saturated carbocycles. The highest BCUT2D eigenvalue weighted by Gasteiger charge is 2.06.